The van der Waals surface area contributed by atoms with E-state index in [2.05, 4.69) is 20.8 Å². The molecule has 0 atom stereocenters. The molecule has 7 nitrogen and oxygen atoms in total. The zero-order chi connectivity index (χ0) is 17.4. The maximum absolute atomic E-state index is 12.7. The van der Waals surface area contributed by atoms with Crippen molar-refractivity contribution in [1.29, 1.82) is 0 Å². The van der Waals surface area contributed by atoms with E-state index >= 15 is 0 Å². The molecule has 8 heteroatoms. The minimum atomic E-state index is 0.0701. The van der Waals surface area contributed by atoms with E-state index in [9.17, 15) is 4.79 Å². The molecule has 1 amide bonds. The lowest BCUT2D eigenvalue weighted by Crippen LogP contribution is -2.38. The maximum atomic E-state index is 12.7. The van der Waals surface area contributed by atoms with Gasteiger partial charge in [-0.3, -0.25) is 4.79 Å². The number of nitrogens with zero attached hydrogens (tertiary/aromatic N) is 6. The molecule has 0 radical (unpaired) electrons. The van der Waals surface area contributed by atoms with E-state index in [0.717, 1.165) is 55.1 Å². The Bertz CT molecular complexity index is 909. The van der Waals surface area contributed by atoms with Gasteiger partial charge in [0.1, 0.15) is 4.88 Å². The lowest BCUT2D eigenvalue weighted by molar-refractivity contribution is 0.0715. The van der Waals surface area contributed by atoms with Gasteiger partial charge in [-0.25, -0.2) is 9.50 Å². The molecule has 4 heterocycles. The van der Waals surface area contributed by atoms with E-state index in [0.29, 0.717) is 10.8 Å². The van der Waals surface area contributed by atoms with Crippen molar-refractivity contribution >= 4 is 23.1 Å². The van der Waals surface area contributed by atoms with Crippen molar-refractivity contribution in [3.63, 3.8) is 0 Å². The molecular weight excluding hydrogens is 336 g/mol. The van der Waals surface area contributed by atoms with Crippen LogP contribution in [0.5, 0.6) is 0 Å². The second kappa shape index (κ2) is 6.51. The lowest BCUT2D eigenvalue weighted by atomic mass is 9.92. The van der Waals surface area contributed by atoms with E-state index in [4.69, 9.17) is 4.98 Å². The number of fused-ring (bicyclic) bond motifs is 1. The van der Waals surface area contributed by atoms with Crippen LogP contribution >= 0.6 is 11.5 Å². The van der Waals surface area contributed by atoms with Gasteiger partial charge in [-0.15, -0.1) is 5.10 Å². The third-order valence-electron chi connectivity index (χ3n) is 4.84. The first-order valence-corrected chi connectivity index (χ1v) is 9.36. The number of aryl methyl sites for hydroxylation is 2. The first-order chi connectivity index (χ1) is 12.2. The van der Waals surface area contributed by atoms with Crippen molar-refractivity contribution in [3.8, 4) is 0 Å². The monoisotopic (exact) mass is 356 g/mol. The standard InChI is InChI=1S/C17H20N6OS/c1-3-13-16(25-21-20-13)17(24)22-8-5-12(6-9-22)14-10-11(2)23-15(19-14)4-7-18-23/h4,7,10,12H,3,5-6,8-9H2,1-2H3. The van der Waals surface area contributed by atoms with Crippen molar-refractivity contribution in [1.82, 2.24) is 29.1 Å². The molecule has 0 bridgehead atoms. The Morgan fingerprint density at radius 3 is 2.92 bits per heavy atom. The highest BCUT2D eigenvalue weighted by Crippen LogP contribution is 2.29. The van der Waals surface area contributed by atoms with Crippen molar-refractivity contribution < 1.29 is 4.79 Å². The van der Waals surface area contributed by atoms with E-state index in [1.807, 2.05) is 29.3 Å². The summed E-state index contributed by atoms with van der Waals surface area (Å²) < 4.78 is 5.78. The van der Waals surface area contributed by atoms with Gasteiger partial charge in [0.05, 0.1) is 11.9 Å². The summed E-state index contributed by atoms with van der Waals surface area (Å²) in [6.45, 7) is 5.54. The Labute approximate surface area is 149 Å². The van der Waals surface area contributed by atoms with E-state index in [1.165, 1.54) is 11.5 Å². The summed E-state index contributed by atoms with van der Waals surface area (Å²) in [5.74, 6) is 0.452. The molecule has 0 N–H and O–H groups in total. The summed E-state index contributed by atoms with van der Waals surface area (Å²) >= 11 is 1.20. The van der Waals surface area contributed by atoms with Crippen LogP contribution < -0.4 is 0 Å². The summed E-state index contributed by atoms with van der Waals surface area (Å²) in [6, 6.07) is 4.04. The molecule has 3 aromatic heterocycles. The average molecular weight is 356 g/mol. The number of carbonyl (C=O) groups is 1. The Balaban J connectivity index is 1.48. The molecule has 0 unspecified atom stereocenters. The molecule has 1 aliphatic rings. The largest absolute Gasteiger partial charge is 0.338 e. The minimum absolute atomic E-state index is 0.0701. The summed E-state index contributed by atoms with van der Waals surface area (Å²) in [6.07, 6.45) is 4.36. The zero-order valence-electron chi connectivity index (χ0n) is 14.3. The second-order valence-corrected chi connectivity index (χ2v) is 7.15. The number of piperidine rings is 1. The smallest absolute Gasteiger partial charge is 0.267 e. The Hall–Kier alpha value is -2.35. The van der Waals surface area contributed by atoms with Crippen LogP contribution in [0.15, 0.2) is 18.3 Å². The molecule has 0 saturated carbocycles. The molecule has 1 aliphatic heterocycles. The normalized spacial score (nSPS) is 15.8. The first kappa shape index (κ1) is 16.1. The van der Waals surface area contributed by atoms with Gasteiger partial charge in [0, 0.05) is 36.5 Å². The fourth-order valence-electron chi connectivity index (χ4n) is 3.43. The number of rotatable bonds is 3. The Kier molecular flexibility index (Phi) is 4.20. The van der Waals surface area contributed by atoms with Crippen LogP contribution in [0.25, 0.3) is 5.65 Å². The lowest BCUT2D eigenvalue weighted by Gasteiger charge is -2.31. The topological polar surface area (TPSA) is 76.3 Å². The van der Waals surface area contributed by atoms with Crippen molar-refractivity contribution in [2.24, 2.45) is 0 Å². The Morgan fingerprint density at radius 1 is 1.36 bits per heavy atom. The fraction of sp³-hybridized carbons (Fsp3) is 0.471. The summed E-state index contributed by atoms with van der Waals surface area (Å²) in [5, 5.41) is 8.32. The highest BCUT2D eigenvalue weighted by Gasteiger charge is 2.28. The van der Waals surface area contributed by atoms with Crippen LogP contribution in [-0.4, -0.2) is 48.1 Å². The maximum Gasteiger partial charge on any atom is 0.267 e. The highest BCUT2D eigenvalue weighted by molar-refractivity contribution is 7.08. The molecule has 3 aromatic rings. The average Bonchev–Trinajstić information content (AvgIpc) is 3.30. The molecule has 25 heavy (non-hydrogen) atoms. The van der Waals surface area contributed by atoms with Crippen LogP contribution in [0.3, 0.4) is 0 Å². The number of amides is 1. The van der Waals surface area contributed by atoms with Crippen LogP contribution in [0, 0.1) is 6.92 Å². The van der Waals surface area contributed by atoms with Crippen molar-refractivity contribution in [2.75, 3.05) is 13.1 Å². The predicted molar refractivity (Wildman–Crippen MR) is 94.9 cm³/mol. The second-order valence-electron chi connectivity index (χ2n) is 6.39. The molecule has 4 rings (SSSR count). The van der Waals surface area contributed by atoms with Gasteiger partial charge in [-0.1, -0.05) is 11.4 Å². The van der Waals surface area contributed by atoms with Gasteiger partial charge in [0.2, 0.25) is 0 Å². The fourth-order valence-corrected chi connectivity index (χ4v) is 4.14. The van der Waals surface area contributed by atoms with Gasteiger partial charge < -0.3 is 4.90 Å². The third-order valence-corrected chi connectivity index (χ3v) is 5.60. The number of hydrogen-bond donors (Lipinski definition) is 0. The van der Waals surface area contributed by atoms with Crippen LogP contribution in [-0.2, 0) is 6.42 Å². The van der Waals surface area contributed by atoms with Crippen molar-refractivity contribution in [3.05, 3.63) is 40.3 Å². The van der Waals surface area contributed by atoms with Gasteiger partial charge in [0.15, 0.2) is 5.65 Å². The highest BCUT2D eigenvalue weighted by atomic mass is 32.1. The molecule has 130 valence electrons. The summed E-state index contributed by atoms with van der Waals surface area (Å²) in [7, 11) is 0. The Morgan fingerprint density at radius 2 is 2.16 bits per heavy atom. The third kappa shape index (κ3) is 2.90. The van der Waals surface area contributed by atoms with Crippen LogP contribution in [0.1, 0.15) is 52.4 Å². The van der Waals surface area contributed by atoms with E-state index in [1.54, 1.807) is 6.20 Å². The number of hydrogen-bond acceptors (Lipinski definition) is 6. The van der Waals surface area contributed by atoms with Gasteiger partial charge >= 0.3 is 0 Å². The molecule has 0 spiro atoms. The van der Waals surface area contributed by atoms with Crippen LogP contribution in [0.4, 0.5) is 0 Å². The van der Waals surface area contributed by atoms with Crippen LogP contribution in [0.2, 0.25) is 0 Å². The number of aromatic nitrogens is 5. The zero-order valence-corrected chi connectivity index (χ0v) is 15.2. The van der Waals surface area contributed by atoms with Crippen molar-refractivity contribution in [2.45, 2.75) is 39.0 Å². The van der Waals surface area contributed by atoms with Gasteiger partial charge in [0.25, 0.3) is 5.91 Å². The molecule has 1 saturated heterocycles. The molecule has 0 aliphatic carbocycles. The minimum Gasteiger partial charge on any atom is -0.338 e. The number of likely N-dealkylation sites (tertiary alicyclic amines) is 1. The molecular formula is C17H20N6OS. The first-order valence-electron chi connectivity index (χ1n) is 8.59. The van der Waals surface area contributed by atoms with E-state index < -0.39 is 0 Å². The molecule has 0 aromatic carbocycles. The van der Waals surface area contributed by atoms with Gasteiger partial charge in [-0.05, 0) is 43.8 Å². The summed E-state index contributed by atoms with van der Waals surface area (Å²) in [5.41, 5.74) is 3.88. The quantitative estimate of drug-likeness (QED) is 0.720. The SMILES string of the molecule is CCc1nnsc1C(=O)N1CCC(c2cc(C)n3nccc3n2)CC1. The molecule has 1 fully saturated rings. The summed E-state index contributed by atoms with van der Waals surface area (Å²) in [4.78, 5) is 20.1. The number of carbonyl (C=O) groups excluding carboxylic acids is 1. The predicted octanol–water partition coefficient (Wildman–Crippen LogP) is 2.47. The van der Waals surface area contributed by atoms with Gasteiger partial charge in [-0.2, -0.15) is 5.10 Å². The van der Waals surface area contributed by atoms with E-state index in [-0.39, 0.29) is 5.91 Å².